The Hall–Kier alpha value is -1.66. The summed E-state index contributed by atoms with van der Waals surface area (Å²) in [7, 11) is 0. The van der Waals surface area contributed by atoms with Gasteiger partial charge in [-0.15, -0.1) is 11.3 Å². The number of carbonyl (C=O) groups excluding carboxylic acids is 1. The molecule has 1 fully saturated rings. The maximum atomic E-state index is 12.0. The van der Waals surface area contributed by atoms with Crippen LogP contribution in [0.4, 0.5) is 0 Å². The predicted molar refractivity (Wildman–Crippen MR) is 82.0 cm³/mol. The van der Waals surface area contributed by atoms with Crippen molar-refractivity contribution in [2.24, 2.45) is 11.7 Å². The smallest absolute Gasteiger partial charge is 0.226 e. The minimum Gasteiger partial charge on any atom is -0.459 e. The molecule has 3 N–H and O–H groups in total. The Morgan fingerprint density at radius 2 is 2.38 bits per heavy atom. The lowest BCUT2D eigenvalue weighted by molar-refractivity contribution is -0.121. The number of rotatable bonds is 6. The van der Waals surface area contributed by atoms with E-state index in [4.69, 9.17) is 10.2 Å². The number of hydrogen-bond donors (Lipinski definition) is 2. The Balaban J connectivity index is 1.60. The van der Waals surface area contributed by atoms with Crippen LogP contribution in [0.5, 0.6) is 0 Å². The highest BCUT2D eigenvalue weighted by molar-refractivity contribution is 7.13. The van der Waals surface area contributed by atoms with Crippen LogP contribution in [-0.2, 0) is 11.2 Å². The lowest BCUT2D eigenvalue weighted by Crippen LogP contribution is -2.42. The quantitative estimate of drug-likeness (QED) is 0.856. The first kappa shape index (κ1) is 14.3. The van der Waals surface area contributed by atoms with Crippen molar-refractivity contribution in [3.8, 4) is 10.8 Å². The number of aryl methyl sites for hydroxylation is 1. The lowest BCUT2D eigenvalue weighted by Gasteiger charge is -2.15. The Labute approximate surface area is 127 Å². The van der Waals surface area contributed by atoms with Crippen LogP contribution in [-0.4, -0.2) is 23.5 Å². The van der Waals surface area contributed by atoms with Crippen LogP contribution in [0.15, 0.2) is 21.9 Å². The average molecular weight is 305 g/mol. The molecule has 3 rings (SSSR count). The van der Waals surface area contributed by atoms with Crippen molar-refractivity contribution in [3.05, 3.63) is 29.0 Å². The molecule has 0 radical (unpaired) electrons. The fourth-order valence-electron chi connectivity index (χ4n) is 2.34. The van der Waals surface area contributed by atoms with Gasteiger partial charge in [0.15, 0.2) is 10.8 Å². The fourth-order valence-corrected chi connectivity index (χ4v) is 3.12. The van der Waals surface area contributed by atoms with E-state index in [-0.39, 0.29) is 11.9 Å². The van der Waals surface area contributed by atoms with Crippen molar-refractivity contribution in [1.29, 1.82) is 0 Å². The molecule has 1 unspecified atom stereocenters. The molecule has 0 aliphatic heterocycles. The second kappa shape index (κ2) is 5.99. The Kier molecular flexibility index (Phi) is 4.07. The molecular weight excluding hydrogens is 286 g/mol. The summed E-state index contributed by atoms with van der Waals surface area (Å²) in [6, 6.07) is 3.92. The summed E-state index contributed by atoms with van der Waals surface area (Å²) >= 11 is 1.49. The van der Waals surface area contributed by atoms with Crippen LogP contribution in [0.1, 0.15) is 24.3 Å². The number of carbonyl (C=O) groups is 1. The molecule has 0 bridgehead atoms. The normalized spacial score (nSPS) is 15.9. The lowest BCUT2D eigenvalue weighted by atomic mass is 10.2. The predicted octanol–water partition coefficient (Wildman–Crippen LogP) is 2.11. The number of nitrogens with two attached hydrogens (primary N) is 1. The van der Waals surface area contributed by atoms with Gasteiger partial charge in [0.05, 0.1) is 12.1 Å². The highest BCUT2D eigenvalue weighted by atomic mass is 32.1. The molecule has 112 valence electrons. The molecule has 1 aliphatic rings. The first-order chi connectivity index (χ1) is 10.2. The summed E-state index contributed by atoms with van der Waals surface area (Å²) in [5.41, 5.74) is 6.47. The fraction of sp³-hybridized carbons (Fsp3) is 0.467. The van der Waals surface area contributed by atoms with Crippen LogP contribution < -0.4 is 11.1 Å². The van der Waals surface area contributed by atoms with Gasteiger partial charge in [0.1, 0.15) is 5.76 Å². The van der Waals surface area contributed by atoms with Crippen LogP contribution in [0.3, 0.4) is 0 Å². The summed E-state index contributed by atoms with van der Waals surface area (Å²) < 4.78 is 5.54. The van der Waals surface area contributed by atoms with Gasteiger partial charge < -0.3 is 15.5 Å². The second-order valence-electron chi connectivity index (χ2n) is 5.48. The van der Waals surface area contributed by atoms with E-state index in [1.54, 1.807) is 0 Å². The van der Waals surface area contributed by atoms with E-state index in [0.29, 0.717) is 18.9 Å². The molecule has 1 amide bonds. The number of amides is 1. The second-order valence-corrected chi connectivity index (χ2v) is 6.34. The molecule has 1 atom stereocenters. The largest absolute Gasteiger partial charge is 0.459 e. The first-order valence-corrected chi connectivity index (χ1v) is 8.04. The maximum absolute atomic E-state index is 12.0. The van der Waals surface area contributed by atoms with E-state index in [1.807, 2.05) is 24.4 Å². The molecule has 2 aromatic rings. The van der Waals surface area contributed by atoms with Crippen LogP contribution >= 0.6 is 11.3 Å². The number of furan rings is 1. The van der Waals surface area contributed by atoms with Gasteiger partial charge in [-0.05, 0) is 37.8 Å². The molecule has 1 aliphatic carbocycles. The van der Waals surface area contributed by atoms with Gasteiger partial charge >= 0.3 is 0 Å². The van der Waals surface area contributed by atoms with E-state index in [1.165, 1.54) is 24.2 Å². The van der Waals surface area contributed by atoms with E-state index >= 15 is 0 Å². The molecule has 2 heterocycles. The summed E-state index contributed by atoms with van der Waals surface area (Å²) in [6.45, 7) is 2.40. The van der Waals surface area contributed by atoms with Gasteiger partial charge in [0.25, 0.3) is 0 Å². The topological polar surface area (TPSA) is 81.2 Å². The van der Waals surface area contributed by atoms with Crippen molar-refractivity contribution < 1.29 is 9.21 Å². The molecule has 6 heteroatoms. The van der Waals surface area contributed by atoms with Crippen LogP contribution in [0.25, 0.3) is 10.8 Å². The molecular formula is C15H19N3O2S. The number of nitrogens with zero attached hydrogens (tertiary/aromatic N) is 1. The molecule has 2 aromatic heterocycles. The Morgan fingerprint density at radius 1 is 1.57 bits per heavy atom. The highest BCUT2D eigenvalue weighted by Crippen LogP contribution is 2.32. The van der Waals surface area contributed by atoms with Gasteiger partial charge in [-0.2, -0.15) is 0 Å². The van der Waals surface area contributed by atoms with Crippen molar-refractivity contribution in [3.63, 3.8) is 0 Å². The van der Waals surface area contributed by atoms with E-state index in [9.17, 15) is 4.79 Å². The molecule has 0 aromatic carbocycles. The summed E-state index contributed by atoms with van der Waals surface area (Å²) in [4.78, 5) is 16.5. The molecule has 0 saturated heterocycles. The molecule has 1 saturated carbocycles. The third kappa shape index (κ3) is 3.51. The van der Waals surface area contributed by atoms with Crippen molar-refractivity contribution >= 4 is 17.2 Å². The number of nitrogens with one attached hydrogen (secondary N) is 1. The SMILES string of the molecule is Cc1ccc(-c2nc(CC(=O)NC(CN)C3CC3)cs2)o1. The summed E-state index contributed by atoms with van der Waals surface area (Å²) in [5, 5.41) is 5.72. The maximum Gasteiger partial charge on any atom is 0.226 e. The molecule has 21 heavy (non-hydrogen) atoms. The Morgan fingerprint density at radius 3 is 3.00 bits per heavy atom. The Bertz CT molecular complexity index is 630. The van der Waals surface area contributed by atoms with Crippen molar-refractivity contribution in [1.82, 2.24) is 10.3 Å². The van der Waals surface area contributed by atoms with Gasteiger partial charge in [-0.3, -0.25) is 4.79 Å². The highest BCUT2D eigenvalue weighted by Gasteiger charge is 2.31. The third-order valence-corrected chi connectivity index (χ3v) is 4.54. The number of hydrogen-bond acceptors (Lipinski definition) is 5. The van der Waals surface area contributed by atoms with Crippen molar-refractivity contribution in [2.45, 2.75) is 32.2 Å². The van der Waals surface area contributed by atoms with Gasteiger partial charge in [0.2, 0.25) is 5.91 Å². The van der Waals surface area contributed by atoms with E-state index < -0.39 is 0 Å². The molecule has 0 spiro atoms. The first-order valence-electron chi connectivity index (χ1n) is 7.16. The van der Waals surface area contributed by atoms with Gasteiger partial charge in [0, 0.05) is 18.0 Å². The average Bonchev–Trinajstić information content (AvgIpc) is 3.05. The monoisotopic (exact) mass is 305 g/mol. The number of thiazole rings is 1. The van der Waals surface area contributed by atoms with Gasteiger partial charge in [-0.1, -0.05) is 0 Å². The van der Waals surface area contributed by atoms with Gasteiger partial charge in [-0.25, -0.2) is 4.98 Å². The number of aromatic nitrogens is 1. The third-order valence-electron chi connectivity index (χ3n) is 3.64. The summed E-state index contributed by atoms with van der Waals surface area (Å²) in [5.74, 6) is 2.16. The van der Waals surface area contributed by atoms with Crippen LogP contribution in [0.2, 0.25) is 0 Å². The minimum atomic E-state index is -0.00942. The standard InChI is InChI=1S/C15H19N3O2S/c1-9-2-5-13(20-9)15-17-11(8-21-15)6-14(19)18-12(7-16)10-3-4-10/h2,5,8,10,12H,3-4,6-7,16H2,1H3,(H,18,19). The van der Waals surface area contributed by atoms with Crippen molar-refractivity contribution in [2.75, 3.05) is 6.54 Å². The van der Waals surface area contributed by atoms with E-state index in [0.717, 1.165) is 22.2 Å². The summed E-state index contributed by atoms with van der Waals surface area (Å²) in [6.07, 6.45) is 2.63. The zero-order chi connectivity index (χ0) is 14.8. The minimum absolute atomic E-state index is 0.00942. The van der Waals surface area contributed by atoms with E-state index in [2.05, 4.69) is 10.3 Å². The molecule has 5 nitrogen and oxygen atoms in total. The van der Waals surface area contributed by atoms with Crippen LogP contribution in [0, 0.1) is 12.8 Å². The zero-order valence-electron chi connectivity index (χ0n) is 12.0. The zero-order valence-corrected chi connectivity index (χ0v) is 12.8.